The van der Waals surface area contributed by atoms with Gasteiger partial charge in [0.15, 0.2) is 0 Å². The number of hydrogen-bond donors (Lipinski definition) is 3. The van der Waals surface area contributed by atoms with Gasteiger partial charge in [-0.25, -0.2) is 4.79 Å². The summed E-state index contributed by atoms with van der Waals surface area (Å²) in [4.78, 5) is 10.9. The molecule has 14 heavy (non-hydrogen) atoms. The van der Waals surface area contributed by atoms with E-state index < -0.39 is 5.97 Å². The van der Waals surface area contributed by atoms with Gasteiger partial charge in [-0.1, -0.05) is 0 Å². The molecule has 1 aliphatic rings. The van der Waals surface area contributed by atoms with Crippen LogP contribution in [0.1, 0.15) is 21.5 Å². The average molecular weight is 193 g/mol. The van der Waals surface area contributed by atoms with Gasteiger partial charge in [0, 0.05) is 6.04 Å². The molecule has 0 amide bonds. The monoisotopic (exact) mass is 193 g/mol. The number of rotatable bonds is 1. The van der Waals surface area contributed by atoms with Gasteiger partial charge in [0.2, 0.25) is 0 Å². The lowest BCUT2D eigenvalue weighted by atomic mass is 10.0. The van der Waals surface area contributed by atoms with Crippen LogP contribution in [0.5, 0.6) is 5.75 Å². The molecule has 0 radical (unpaired) electrons. The number of carboxylic acid groups (broad SMARTS) is 1. The summed E-state index contributed by atoms with van der Waals surface area (Å²) < 4.78 is 0. The first-order valence-corrected chi connectivity index (χ1v) is 4.41. The summed E-state index contributed by atoms with van der Waals surface area (Å²) in [5.41, 5.74) is 7.53. The molecule has 0 spiro atoms. The molecule has 1 aliphatic carbocycles. The van der Waals surface area contributed by atoms with E-state index in [2.05, 4.69) is 0 Å². The maximum atomic E-state index is 10.9. The first-order valence-electron chi connectivity index (χ1n) is 4.41. The SMILES string of the molecule is NC1Cc2cc(O)cc(C(=O)O)c2C1. The molecule has 0 fully saturated rings. The van der Waals surface area contributed by atoms with Gasteiger partial charge in [-0.3, -0.25) is 0 Å². The number of aromatic hydroxyl groups is 1. The highest BCUT2D eigenvalue weighted by atomic mass is 16.4. The van der Waals surface area contributed by atoms with Crippen molar-refractivity contribution >= 4 is 5.97 Å². The highest BCUT2D eigenvalue weighted by Gasteiger charge is 2.24. The van der Waals surface area contributed by atoms with Crippen molar-refractivity contribution in [3.8, 4) is 5.75 Å². The van der Waals surface area contributed by atoms with Crippen LogP contribution in [-0.4, -0.2) is 22.2 Å². The average Bonchev–Trinajstić information content (AvgIpc) is 2.42. The maximum absolute atomic E-state index is 10.9. The van der Waals surface area contributed by atoms with E-state index in [0.29, 0.717) is 12.8 Å². The molecule has 4 nitrogen and oxygen atoms in total. The summed E-state index contributed by atoms with van der Waals surface area (Å²) in [6, 6.07) is 2.85. The molecule has 1 aromatic carbocycles. The van der Waals surface area contributed by atoms with E-state index in [4.69, 9.17) is 10.8 Å². The van der Waals surface area contributed by atoms with E-state index in [9.17, 15) is 9.90 Å². The predicted octanol–water partition coefficient (Wildman–Crippen LogP) is 0.516. The zero-order valence-electron chi connectivity index (χ0n) is 7.53. The van der Waals surface area contributed by atoms with E-state index in [0.717, 1.165) is 11.1 Å². The fourth-order valence-corrected chi connectivity index (χ4v) is 1.95. The molecule has 1 aromatic rings. The minimum absolute atomic E-state index is 0.00440. The standard InChI is InChI=1S/C10H11NO3/c11-6-1-5-2-7(12)4-9(10(13)14)8(5)3-6/h2,4,6,12H,1,3,11H2,(H,13,14). The summed E-state index contributed by atoms with van der Waals surface area (Å²) in [7, 11) is 0. The molecular weight excluding hydrogens is 182 g/mol. The van der Waals surface area contributed by atoms with Crippen molar-refractivity contribution in [2.75, 3.05) is 0 Å². The molecule has 0 aliphatic heterocycles. The Morgan fingerprint density at radius 1 is 1.43 bits per heavy atom. The Kier molecular flexibility index (Phi) is 1.93. The van der Waals surface area contributed by atoms with Gasteiger partial charge < -0.3 is 15.9 Å². The lowest BCUT2D eigenvalue weighted by molar-refractivity contribution is 0.0695. The summed E-state index contributed by atoms with van der Waals surface area (Å²) in [5.74, 6) is -1.01. The van der Waals surface area contributed by atoms with Gasteiger partial charge in [0.05, 0.1) is 5.56 Å². The van der Waals surface area contributed by atoms with Gasteiger partial charge in [0.1, 0.15) is 5.75 Å². The molecule has 74 valence electrons. The van der Waals surface area contributed by atoms with E-state index in [1.54, 1.807) is 6.07 Å². The number of phenolic OH excluding ortho intramolecular Hbond substituents is 1. The van der Waals surface area contributed by atoms with Crippen molar-refractivity contribution in [1.29, 1.82) is 0 Å². The number of carboxylic acids is 1. The third kappa shape index (κ3) is 1.33. The summed E-state index contributed by atoms with van der Waals surface area (Å²) in [5, 5.41) is 18.2. The number of phenols is 1. The van der Waals surface area contributed by atoms with Crippen LogP contribution in [-0.2, 0) is 12.8 Å². The smallest absolute Gasteiger partial charge is 0.336 e. The second-order valence-corrected chi connectivity index (χ2v) is 3.60. The highest BCUT2D eigenvalue weighted by Crippen LogP contribution is 2.29. The molecule has 0 heterocycles. The van der Waals surface area contributed by atoms with Gasteiger partial charge in [0.25, 0.3) is 0 Å². The van der Waals surface area contributed by atoms with E-state index in [1.165, 1.54) is 6.07 Å². The lowest BCUT2D eigenvalue weighted by Crippen LogP contribution is -2.19. The van der Waals surface area contributed by atoms with Crippen LogP contribution < -0.4 is 5.73 Å². The highest BCUT2D eigenvalue weighted by molar-refractivity contribution is 5.90. The Labute approximate surface area is 81.0 Å². The van der Waals surface area contributed by atoms with Gasteiger partial charge in [-0.2, -0.15) is 0 Å². The topological polar surface area (TPSA) is 83.5 Å². The number of carbonyl (C=O) groups is 1. The van der Waals surface area contributed by atoms with Crippen LogP contribution >= 0.6 is 0 Å². The zero-order valence-corrected chi connectivity index (χ0v) is 7.53. The lowest BCUT2D eigenvalue weighted by Gasteiger charge is -2.04. The van der Waals surface area contributed by atoms with Crippen LogP contribution in [0.3, 0.4) is 0 Å². The summed E-state index contributed by atoms with van der Waals surface area (Å²) >= 11 is 0. The Balaban J connectivity index is 2.57. The molecular formula is C10H11NO3. The van der Waals surface area contributed by atoms with Crippen LogP contribution in [0.25, 0.3) is 0 Å². The molecule has 4 heteroatoms. The summed E-state index contributed by atoms with van der Waals surface area (Å²) in [6.07, 6.45) is 1.22. The van der Waals surface area contributed by atoms with Crippen molar-refractivity contribution in [3.63, 3.8) is 0 Å². The number of fused-ring (bicyclic) bond motifs is 1. The Morgan fingerprint density at radius 2 is 2.14 bits per heavy atom. The number of benzene rings is 1. The van der Waals surface area contributed by atoms with Crippen LogP contribution in [0.15, 0.2) is 12.1 Å². The van der Waals surface area contributed by atoms with Crippen molar-refractivity contribution in [2.45, 2.75) is 18.9 Å². The van der Waals surface area contributed by atoms with E-state index >= 15 is 0 Å². The molecule has 0 saturated carbocycles. The quantitative estimate of drug-likeness (QED) is 0.607. The van der Waals surface area contributed by atoms with E-state index in [1.807, 2.05) is 0 Å². The Hall–Kier alpha value is -1.55. The predicted molar refractivity (Wildman–Crippen MR) is 50.4 cm³/mol. The van der Waals surface area contributed by atoms with Crippen molar-refractivity contribution in [3.05, 3.63) is 28.8 Å². The molecule has 0 saturated heterocycles. The van der Waals surface area contributed by atoms with Gasteiger partial charge >= 0.3 is 5.97 Å². The fraction of sp³-hybridized carbons (Fsp3) is 0.300. The van der Waals surface area contributed by atoms with Crippen molar-refractivity contribution < 1.29 is 15.0 Å². The first kappa shape index (κ1) is 9.02. The third-order valence-electron chi connectivity index (χ3n) is 2.51. The molecule has 1 unspecified atom stereocenters. The Bertz CT molecular complexity index is 401. The third-order valence-corrected chi connectivity index (χ3v) is 2.51. The number of aromatic carboxylic acids is 1. The molecule has 2 rings (SSSR count). The number of hydrogen-bond acceptors (Lipinski definition) is 3. The minimum Gasteiger partial charge on any atom is -0.508 e. The van der Waals surface area contributed by atoms with E-state index in [-0.39, 0.29) is 17.4 Å². The van der Waals surface area contributed by atoms with Crippen LogP contribution in [0.2, 0.25) is 0 Å². The largest absolute Gasteiger partial charge is 0.508 e. The second kappa shape index (κ2) is 2.99. The fourth-order valence-electron chi connectivity index (χ4n) is 1.95. The molecule has 4 N–H and O–H groups in total. The summed E-state index contributed by atoms with van der Waals surface area (Å²) in [6.45, 7) is 0. The van der Waals surface area contributed by atoms with Gasteiger partial charge in [-0.05, 0) is 36.1 Å². The molecule has 0 bridgehead atoms. The maximum Gasteiger partial charge on any atom is 0.336 e. The Morgan fingerprint density at radius 3 is 2.79 bits per heavy atom. The first-order chi connectivity index (χ1) is 6.58. The zero-order chi connectivity index (χ0) is 10.3. The minimum atomic E-state index is -1.01. The molecule has 1 atom stereocenters. The van der Waals surface area contributed by atoms with Crippen molar-refractivity contribution in [2.24, 2.45) is 5.73 Å². The normalized spacial score (nSPS) is 19.4. The molecule has 0 aromatic heterocycles. The number of nitrogens with two attached hydrogens (primary N) is 1. The van der Waals surface area contributed by atoms with Crippen LogP contribution in [0.4, 0.5) is 0 Å². The van der Waals surface area contributed by atoms with Crippen molar-refractivity contribution in [1.82, 2.24) is 0 Å². The second-order valence-electron chi connectivity index (χ2n) is 3.60. The van der Waals surface area contributed by atoms with Gasteiger partial charge in [-0.15, -0.1) is 0 Å². The van der Waals surface area contributed by atoms with Crippen LogP contribution in [0, 0.1) is 0 Å².